The molecular weight excluding hydrogens is 124 g/mol. The number of likely N-dealkylation sites (N-methyl/N-ethyl adjacent to an activating group) is 1. The molecule has 3 atom stereocenters. The molecular formula is C8H16N2. The monoisotopic (exact) mass is 140 g/mol. The quantitative estimate of drug-likeness (QED) is 0.563. The summed E-state index contributed by atoms with van der Waals surface area (Å²) in [4.78, 5) is 2.36. The maximum absolute atomic E-state index is 3.55. The first-order chi connectivity index (χ1) is 4.77. The van der Waals surface area contributed by atoms with E-state index in [1.54, 1.807) is 0 Å². The molecule has 2 aliphatic rings. The van der Waals surface area contributed by atoms with Crippen LogP contribution in [0.4, 0.5) is 0 Å². The number of nitrogens with zero attached hydrogens (tertiary/aromatic N) is 1. The number of fused-ring (bicyclic) bond motifs is 2. The second kappa shape index (κ2) is 2.21. The van der Waals surface area contributed by atoms with Gasteiger partial charge in [-0.25, -0.2) is 0 Å². The van der Waals surface area contributed by atoms with Gasteiger partial charge in [0.15, 0.2) is 0 Å². The predicted molar refractivity (Wildman–Crippen MR) is 42.0 cm³/mol. The molecule has 58 valence electrons. The summed E-state index contributed by atoms with van der Waals surface area (Å²) in [5.41, 5.74) is 0. The molecule has 1 aliphatic heterocycles. The van der Waals surface area contributed by atoms with Crippen LogP contribution >= 0.6 is 0 Å². The largest absolute Gasteiger partial charge is 0.312 e. The molecule has 2 bridgehead atoms. The lowest BCUT2D eigenvalue weighted by Gasteiger charge is -2.28. The van der Waals surface area contributed by atoms with E-state index in [9.17, 15) is 0 Å². The molecule has 0 spiro atoms. The lowest BCUT2D eigenvalue weighted by molar-refractivity contribution is 0.233. The van der Waals surface area contributed by atoms with Gasteiger partial charge in [-0.15, -0.1) is 0 Å². The highest BCUT2D eigenvalue weighted by molar-refractivity contribution is 4.99. The minimum Gasteiger partial charge on any atom is -0.312 e. The fraction of sp³-hybridized carbons (Fsp3) is 1.00. The predicted octanol–water partition coefficient (Wildman–Crippen LogP) is 0.298. The van der Waals surface area contributed by atoms with Crippen molar-refractivity contribution in [3.05, 3.63) is 0 Å². The van der Waals surface area contributed by atoms with Crippen LogP contribution in [0.1, 0.15) is 12.8 Å². The van der Waals surface area contributed by atoms with E-state index in [2.05, 4.69) is 24.3 Å². The summed E-state index contributed by atoms with van der Waals surface area (Å²) >= 11 is 0. The Bertz CT molecular complexity index is 133. The highest BCUT2D eigenvalue weighted by Gasteiger charge is 2.39. The summed E-state index contributed by atoms with van der Waals surface area (Å²) < 4.78 is 0. The Balaban J connectivity index is 2.02. The fourth-order valence-corrected chi connectivity index (χ4v) is 2.39. The molecule has 1 heterocycles. The molecule has 2 heteroatoms. The lowest BCUT2D eigenvalue weighted by Crippen LogP contribution is -2.44. The molecule has 0 aromatic heterocycles. The Labute approximate surface area is 62.6 Å². The molecule has 10 heavy (non-hydrogen) atoms. The molecule has 1 saturated carbocycles. The molecule has 1 saturated heterocycles. The van der Waals surface area contributed by atoms with Crippen molar-refractivity contribution in [2.45, 2.75) is 24.9 Å². The first-order valence-electron chi connectivity index (χ1n) is 4.17. The van der Waals surface area contributed by atoms with E-state index >= 15 is 0 Å². The molecule has 1 N–H and O–H groups in total. The Hall–Kier alpha value is -0.0800. The Morgan fingerprint density at radius 2 is 2.10 bits per heavy atom. The average molecular weight is 140 g/mol. The molecule has 2 nitrogen and oxygen atoms in total. The molecule has 0 aromatic carbocycles. The van der Waals surface area contributed by atoms with Crippen LogP contribution in [0.2, 0.25) is 0 Å². The minimum atomic E-state index is 0.806. The molecule has 0 amide bonds. The van der Waals surface area contributed by atoms with E-state index in [-0.39, 0.29) is 0 Å². The van der Waals surface area contributed by atoms with Crippen LogP contribution < -0.4 is 5.32 Å². The van der Waals surface area contributed by atoms with Gasteiger partial charge < -0.3 is 10.2 Å². The van der Waals surface area contributed by atoms with Crippen LogP contribution in [0.25, 0.3) is 0 Å². The van der Waals surface area contributed by atoms with Gasteiger partial charge in [-0.3, -0.25) is 0 Å². The van der Waals surface area contributed by atoms with Crippen LogP contribution in [0, 0.1) is 5.92 Å². The van der Waals surface area contributed by atoms with Gasteiger partial charge in [0.25, 0.3) is 0 Å². The fourth-order valence-electron chi connectivity index (χ4n) is 2.39. The van der Waals surface area contributed by atoms with E-state index in [0.717, 1.165) is 18.0 Å². The van der Waals surface area contributed by atoms with Crippen molar-refractivity contribution in [1.82, 2.24) is 10.2 Å². The maximum atomic E-state index is 3.55. The van der Waals surface area contributed by atoms with Crippen LogP contribution in [0.5, 0.6) is 0 Å². The van der Waals surface area contributed by atoms with Gasteiger partial charge in [-0.1, -0.05) is 0 Å². The second-order valence-corrected chi connectivity index (χ2v) is 3.88. The van der Waals surface area contributed by atoms with Crippen LogP contribution in [-0.2, 0) is 0 Å². The van der Waals surface area contributed by atoms with Gasteiger partial charge in [-0.05, 0) is 39.4 Å². The van der Waals surface area contributed by atoms with Gasteiger partial charge in [0.2, 0.25) is 0 Å². The average Bonchev–Trinajstić information content (AvgIpc) is 2.44. The summed E-state index contributed by atoms with van der Waals surface area (Å²) in [6, 6.07) is 1.62. The van der Waals surface area contributed by atoms with E-state index in [1.807, 2.05) is 0 Å². The van der Waals surface area contributed by atoms with Crippen molar-refractivity contribution in [2.75, 3.05) is 20.6 Å². The Morgan fingerprint density at radius 1 is 1.30 bits per heavy atom. The topological polar surface area (TPSA) is 15.3 Å². The summed E-state index contributed by atoms with van der Waals surface area (Å²) in [6.07, 6.45) is 2.84. The zero-order valence-corrected chi connectivity index (χ0v) is 6.80. The van der Waals surface area contributed by atoms with Gasteiger partial charge in [0.1, 0.15) is 0 Å². The Morgan fingerprint density at radius 3 is 2.40 bits per heavy atom. The summed E-state index contributed by atoms with van der Waals surface area (Å²) in [7, 11) is 4.38. The van der Waals surface area contributed by atoms with Crippen LogP contribution in [0.3, 0.4) is 0 Å². The summed E-state index contributed by atoms with van der Waals surface area (Å²) in [5, 5.41) is 3.55. The van der Waals surface area contributed by atoms with Gasteiger partial charge in [0.05, 0.1) is 0 Å². The molecule has 2 rings (SSSR count). The smallest absolute Gasteiger partial charge is 0.0246 e. The normalized spacial score (nSPS) is 45.3. The number of rotatable bonds is 1. The van der Waals surface area contributed by atoms with E-state index < -0.39 is 0 Å². The maximum Gasteiger partial charge on any atom is 0.0246 e. The zero-order chi connectivity index (χ0) is 7.14. The first-order valence-corrected chi connectivity index (χ1v) is 4.17. The second-order valence-electron chi connectivity index (χ2n) is 3.88. The van der Waals surface area contributed by atoms with E-state index in [0.29, 0.717) is 0 Å². The van der Waals surface area contributed by atoms with Crippen molar-refractivity contribution < 1.29 is 0 Å². The molecule has 2 fully saturated rings. The highest BCUT2D eigenvalue weighted by Crippen LogP contribution is 2.33. The van der Waals surface area contributed by atoms with Gasteiger partial charge >= 0.3 is 0 Å². The Kier molecular flexibility index (Phi) is 1.46. The van der Waals surface area contributed by atoms with Crippen molar-refractivity contribution >= 4 is 0 Å². The summed E-state index contributed by atoms with van der Waals surface area (Å²) in [6.45, 7) is 1.27. The number of hydrogen-bond donors (Lipinski definition) is 1. The summed E-state index contributed by atoms with van der Waals surface area (Å²) in [5.74, 6) is 0.984. The standard InChI is InChI=1S/C8H16N2/c1-10(2)8-4-6-3-7(8)9-5-6/h6-9H,3-5H2,1-2H3/t6-,7+,8-/m1/s1. The molecule has 0 aromatic rings. The third-order valence-corrected chi connectivity index (χ3v) is 2.96. The molecule has 0 radical (unpaired) electrons. The number of piperidine rings is 1. The highest BCUT2D eigenvalue weighted by atomic mass is 15.2. The van der Waals surface area contributed by atoms with Crippen molar-refractivity contribution in [1.29, 1.82) is 0 Å². The number of nitrogens with one attached hydrogen (secondary N) is 1. The third kappa shape index (κ3) is 0.867. The van der Waals surface area contributed by atoms with E-state index in [4.69, 9.17) is 0 Å². The third-order valence-electron chi connectivity index (χ3n) is 2.96. The van der Waals surface area contributed by atoms with Crippen LogP contribution in [0.15, 0.2) is 0 Å². The molecule has 0 unspecified atom stereocenters. The molecule has 1 aliphatic carbocycles. The lowest BCUT2D eigenvalue weighted by atomic mass is 10.1. The van der Waals surface area contributed by atoms with E-state index in [1.165, 1.54) is 19.4 Å². The van der Waals surface area contributed by atoms with Crippen molar-refractivity contribution in [2.24, 2.45) is 5.92 Å². The SMILES string of the molecule is CN(C)[C@@H]1C[C@@H]2CN[C@H]1C2. The van der Waals surface area contributed by atoms with Crippen molar-refractivity contribution in [3.63, 3.8) is 0 Å². The zero-order valence-electron chi connectivity index (χ0n) is 6.80. The van der Waals surface area contributed by atoms with Gasteiger partial charge in [0, 0.05) is 12.1 Å². The van der Waals surface area contributed by atoms with Crippen molar-refractivity contribution in [3.8, 4) is 0 Å². The minimum absolute atomic E-state index is 0.806. The van der Waals surface area contributed by atoms with Gasteiger partial charge in [-0.2, -0.15) is 0 Å². The van der Waals surface area contributed by atoms with Crippen LogP contribution in [-0.4, -0.2) is 37.6 Å². The number of hydrogen-bond acceptors (Lipinski definition) is 2. The first kappa shape index (κ1) is 6.62.